The summed E-state index contributed by atoms with van der Waals surface area (Å²) in [5.74, 6) is 1.36. The van der Waals surface area contributed by atoms with E-state index in [2.05, 4.69) is 10.3 Å². The van der Waals surface area contributed by atoms with E-state index < -0.39 is 0 Å². The lowest BCUT2D eigenvalue weighted by atomic mass is 10.1. The van der Waals surface area contributed by atoms with Crippen molar-refractivity contribution < 1.29 is 14.3 Å². The summed E-state index contributed by atoms with van der Waals surface area (Å²) >= 11 is 0. The first kappa shape index (κ1) is 19.2. The van der Waals surface area contributed by atoms with E-state index in [9.17, 15) is 4.79 Å². The Hall–Kier alpha value is -3.12. The average Bonchev–Trinajstić information content (AvgIpc) is 3.43. The molecular formula is C23H25N3O3. The molecule has 6 heteroatoms. The third kappa shape index (κ3) is 4.66. The maximum atomic E-state index is 12.9. The van der Waals surface area contributed by atoms with Gasteiger partial charge in [0.1, 0.15) is 24.2 Å². The van der Waals surface area contributed by atoms with Crippen LogP contribution in [0, 0.1) is 0 Å². The van der Waals surface area contributed by atoms with Crippen LogP contribution in [0.2, 0.25) is 0 Å². The molecule has 2 atom stereocenters. The van der Waals surface area contributed by atoms with Crippen molar-refractivity contribution in [1.29, 1.82) is 0 Å². The molecule has 3 aromatic rings. The van der Waals surface area contributed by atoms with Gasteiger partial charge in [0.05, 0.1) is 6.10 Å². The molecular weight excluding hydrogens is 366 g/mol. The SMILES string of the molecule is Cn1ccnc1[C@@H](NC(=O)c1ccc(OC[C@@H]2CCCO2)cc1)c1ccccc1. The van der Waals surface area contributed by atoms with Crippen LogP contribution in [0.1, 0.15) is 40.6 Å². The van der Waals surface area contributed by atoms with E-state index in [1.165, 1.54) is 0 Å². The first-order chi connectivity index (χ1) is 14.2. The van der Waals surface area contributed by atoms with Crippen molar-refractivity contribution >= 4 is 5.91 Å². The summed E-state index contributed by atoms with van der Waals surface area (Å²) in [5.41, 5.74) is 1.55. The molecule has 1 amide bonds. The molecule has 0 spiro atoms. The Morgan fingerprint density at radius 3 is 2.69 bits per heavy atom. The van der Waals surface area contributed by atoms with Crippen LogP contribution in [0.15, 0.2) is 67.0 Å². The molecule has 1 aliphatic rings. The predicted molar refractivity (Wildman–Crippen MR) is 110 cm³/mol. The number of benzene rings is 2. The Kier molecular flexibility index (Phi) is 5.91. The van der Waals surface area contributed by atoms with E-state index in [-0.39, 0.29) is 18.1 Å². The molecule has 1 fully saturated rings. The van der Waals surface area contributed by atoms with Crippen molar-refractivity contribution in [2.75, 3.05) is 13.2 Å². The van der Waals surface area contributed by atoms with Crippen LogP contribution >= 0.6 is 0 Å². The quantitative estimate of drug-likeness (QED) is 0.670. The molecule has 150 valence electrons. The molecule has 0 bridgehead atoms. The fourth-order valence-electron chi connectivity index (χ4n) is 3.48. The van der Waals surface area contributed by atoms with E-state index >= 15 is 0 Å². The maximum absolute atomic E-state index is 12.9. The zero-order chi connectivity index (χ0) is 20.1. The topological polar surface area (TPSA) is 65.4 Å². The number of hydrogen-bond donors (Lipinski definition) is 1. The number of aromatic nitrogens is 2. The van der Waals surface area contributed by atoms with E-state index in [1.807, 2.05) is 60.3 Å². The van der Waals surface area contributed by atoms with Crippen LogP contribution in [0.25, 0.3) is 0 Å². The Morgan fingerprint density at radius 1 is 1.24 bits per heavy atom. The number of rotatable bonds is 7. The Labute approximate surface area is 170 Å². The van der Waals surface area contributed by atoms with Gasteiger partial charge < -0.3 is 19.4 Å². The first-order valence-electron chi connectivity index (χ1n) is 9.88. The van der Waals surface area contributed by atoms with Gasteiger partial charge >= 0.3 is 0 Å². The third-order valence-electron chi connectivity index (χ3n) is 5.10. The lowest BCUT2D eigenvalue weighted by Gasteiger charge is -2.19. The summed E-state index contributed by atoms with van der Waals surface area (Å²) in [7, 11) is 1.92. The first-order valence-corrected chi connectivity index (χ1v) is 9.88. The van der Waals surface area contributed by atoms with Gasteiger partial charge in [-0.05, 0) is 42.7 Å². The molecule has 0 unspecified atom stereocenters. The second-order valence-electron chi connectivity index (χ2n) is 7.18. The summed E-state index contributed by atoms with van der Waals surface area (Å²) in [6.07, 6.45) is 5.90. The summed E-state index contributed by atoms with van der Waals surface area (Å²) in [5, 5.41) is 3.11. The van der Waals surface area contributed by atoms with Crippen molar-refractivity contribution in [1.82, 2.24) is 14.9 Å². The van der Waals surface area contributed by atoms with Gasteiger partial charge in [0.25, 0.3) is 5.91 Å². The smallest absolute Gasteiger partial charge is 0.252 e. The summed E-state index contributed by atoms with van der Waals surface area (Å²) in [6.45, 7) is 1.35. The van der Waals surface area contributed by atoms with E-state index in [0.717, 1.165) is 36.6 Å². The zero-order valence-electron chi connectivity index (χ0n) is 16.5. The van der Waals surface area contributed by atoms with Gasteiger partial charge in [0.2, 0.25) is 0 Å². The molecule has 1 N–H and O–H groups in total. The van der Waals surface area contributed by atoms with Gasteiger partial charge in [-0.2, -0.15) is 0 Å². The van der Waals surface area contributed by atoms with Gasteiger partial charge in [-0.1, -0.05) is 30.3 Å². The van der Waals surface area contributed by atoms with Crippen LogP contribution in [0.4, 0.5) is 0 Å². The van der Waals surface area contributed by atoms with Gasteiger partial charge in [0.15, 0.2) is 0 Å². The number of carbonyl (C=O) groups excluding carboxylic acids is 1. The number of hydrogen-bond acceptors (Lipinski definition) is 4. The normalized spacial score (nSPS) is 17.1. The molecule has 2 aromatic carbocycles. The molecule has 0 radical (unpaired) electrons. The number of imidazole rings is 1. The predicted octanol–water partition coefficient (Wildman–Crippen LogP) is 3.50. The lowest BCUT2D eigenvalue weighted by molar-refractivity contribution is 0.0679. The number of nitrogens with zero attached hydrogens (tertiary/aromatic N) is 2. The van der Waals surface area contributed by atoms with Gasteiger partial charge in [-0.15, -0.1) is 0 Å². The Bertz CT molecular complexity index is 932. The van der Waals surface area contributed by atoms with E-state index in [1.54, 1.807) is 18.3 Å². The van der Waals surface area contributed by atoms with E-state index in [0.29, 0.717) is 12.2 Å². The minimum absolute atomic E-state index is 0.160. The van der Waals surface area contributed by atoms with Crippen LogP contribution in [-0.2, 0) is 11.8 Å². The van der Waals surface area contributed by atoms with Crippen LogP contribution in [0.5, 0.6) is 5.75 Å². The Balaban J connectivity index is 1.45. The fourth-order valence-corrected chi connectivity index (χ4v) is 3.48. The van der Waals surface area contributed by atoms with Crippen LogP contribution < -0.4 is 10.1 Å². The molecule has 0 saturated carbocycles. The molecule has 1 aromatic heterocycles. The van der Waals surface area contributed by atoms with Gasteiger partial charge in [-0.25, -0.2) is 4.98 Å². The highest BCUT2D eigenvalue weighted by Gasteiger charge is 2.21. The number of amides is 1. The highest BCUT2D eigenvalue weighted by molar-refractivity contribution is 5.94. The molecule has 6 nitrogen and oxygen atoms in total. The molecule has 29 heavy (non-hydrogen) atoms. The fraction of sp³-hybridized carbons (Fsp3) is 0.304. The highest BCUT2D eigenvalue weighted by Crippen LogP contribution is 2.22. The minimum atomic E-state index is -0.334. The van der Waals surface area contributed by atoms with Crippen molar-refractivity contribution in [3.63, 3.8) is 0 Å². The number of ether oxygens (including phenoxy) is 2. The molecule has 1 saturated heterocycles. The third-order valence-corrected chi connectivity index (χ3v) is 5.10. The minimum Gasteiger partial charge on any atom is -0.491 e. The number of carbonyl (C=O) groups is 1. The molecule has 2 heterocycles. The number of nitrogens with one attached hydrogen (secondary N) is 1. The van der Waals surface area contributed by atoms with Crippen molar-refractivity contribution in [3.05, 3.63) is 83.9 Å². The monoisotopic (exact) mass is 391 g/mol. The van der Waals surface area contributed by atoms with E-state index in [4.69, 9.17) is 9.47 Å². The van der Waals surface area contributed by atoms with Crippen LogP contribution in [-0.4, -0.2) is 34.8 Å². The maximum Gasteiger partial charge on any atom is 0.252 e. The highest BCUT2D eigenvalue weighted by atomic mass is 16.5. The summed E-state index contributed by atoms with van der Waals surface area (Å²) < 4.78 is 13.3. The number of aryl methyl sites for hydroxylation is 1. The van der Waals surface area contributed by atoms with Gasteiger partial charge in [0, 0.05) is 31.6 Å². The molecule has 4 rings (SSSR count). The largest absolute Gasteiger partial charge is 0.491 e. The summed E-state index contributed by atoms with van der Waals surface area (Å²) in [4.78, 5) is 17.3. The standard InChI is InChI=1S/C23H25N3O3/c1-26-14-13-24-22(26)21(17-6-3-2-4-7-17)25-23(27)18-9-11-19(12-10-18)29-16-20-8-5-15-28-20/h2-4,6-7,9-14,20-21H,5,8,15-16H2,1H3,(H,25,27)/t20-,21-/m0/s1. The summed E-state index contributed by atoms with van der Waals surface area (Å²) in [6, 6.07) is 16.7. The lowest BCUT2D eigenvalue weighted by Crippen LogP contribution is -2.31. The van der Waals surface area contributed by atoms with Crippen molar-refractivity contribution in [3.8, 4) is 5.75 Å². The van der Waals surface area contributed by atoms with Crippen LogP contribution in [0.3, 0.4) is 0 Å². The average molecular weight is 391 g/mol. The molecule has 1 aliphatic heterocycles. The zero-order valence-corrected chi connectivity index (χ0v) is 16.5. The second kappa shape index (κ2) is 8.92. The molecule has 0 aliphatic carbocycles. The second-order valence-corrected chi connectivity index (χ2v) is 7.18. The Morgan fingerprint density at radius 2 is 2.03 bits per heavy atom. The van der Waals surface area contributed by atoms with Crippen molar-refractivity contribution in [2.45, 2.75) is 25.0 Å². The van der Waals surface area contributed by atoms with Crippen molar-refractivity contribution in [2.24, 2.45) is 7.05 Å². The van der Waals surface area contributed by atoms with Gasteiger partial charge in [-0.3, -0.25) is 4.79 Å².